The summed E-state index contributed by atoms with van der Waals surface area (Å²) >= 11 is 0. The number of carbonyl (C=O) groups is 1. The quantitative estimate of drug-likeness (QED) is 0.352. The average molecular weight is 401 g/mol. The number of rotatable bonds is 5. The van der Waals surface area contributed by atoms with E-state index in [4.69, 9.17) is 5.21 Å². The number of hydrogen-bond donors (Lipinski definition) is 3. The molecule has 2 aromatic carbocycles. The Morgan fingerprint density at radius 2 is 1.73 bits per heavy atom. The van der Waals surface area contributed by atoms with Crippen molar-refractivity contribution in [2.45, 2.75) is 12.8 Å². The van der Waals surface area contributed by atoms with Gasteiger partial charge in [-0.1, -0.05) is 6.07 Å². The molecule has 0 unspecified atom stereocenters. The molecule has 0 aliphatic rings. The van der Waals surface area contributed by atoms with E-state index in [2.05, 4.69) is 4.98 Å². The minimum absolute atomic E-state index is 0.0120. The van der Waals surface area contributed by atoms with Gasteiger partial charge in [0.2, 0.25) is 5.91 Å². The van der Waals surface area contributed by atoms with Crippen LogP contribution in [-0.4, -0.2) is 25.8 Å². The molecule has 0 fully saturated rings. The van der Waals surface area contributed by atoms with Crippen LogP contribution in [0.2, 0.25) is 0 Å². The minimum atomic E-state index is -0.557. The van der Waals surface area contributed by atoms with Crippen LogP contribution in [-0.2, 0) is 11.2 Å². The third-order valence-electron chi connectivity index (χ3n) is 4.97. The molecular weight excluding hydrogens is 382 g/mol. The Morgan fingerprint density at radius 3 is 2.43 bits per heavy atom. The van der Waals surface area contributed by atoms with Gasteiger partial charge in [-0.2, -0.15) is 0 Å². The second-order valence-electron chi connectivity index (χ2n) is 6.87. The van der Waals surface area contributed by atoms with Gasteiger partial charge in [0, 0.05) is 41.6 Å². The molecule has 0 aliphatic carbocycles. The highest BCUT2D eigenvalue weighted by atomic mass is 16.5. The topological polar surface area (TPSA) is 104 Å². The molecular formula is C23H19N3O4. The molecule has 0 atom stereocenters. The van der Waals surface area contributed by atoms with Gasteiger partial charge in [-0.3, -0.25) is 19.8 Å². The van der Waals surface area contributed by atoms with Crippen molar-refractivity contribution in [3.63, 3.8) is 0 Å². The molecule has 0 bridgehead atoms. The number of amides is 1. The first-order chi connectivity index (χ1) is 14.6. The Hall–Kier alpha value is -3.97. The lowest BCUT2D eigenvalue weighted by Gasteiger charge is -2.15. The van der Waals surface area contributed by atoms with Crippen LogP contribution in [0.3, 0.4) is 0 Å². The molecule has 3 N–H and O–H groups in total. The molecule has 2 aromatic heterocycles. The molecule has 150 valence electrons. The number of aromatic nitrogens is 2. The van der Waals surface area contributed by atoms with Crippen LogP contribution in [0.4, 0.5) is 0 Å². The van der Waals surface area contributed by atoms with E-state index in [1.807, 2.05) is 28.8 Å². The van der Waals surface area contributed by atoms with Crippen LogP contribution in [0.5, 0.6) is 5.75 Å². The molecule has 0 radical (unpaired) electrons. The van der Waals surface area contributed by atoms with Crippen molar-refractivity contribution in [3.8, 4) is 22.6 Å². The van der Waals surface area contributed by atoms with Crippen molar-refractivity contribution in [3.05, 3.63) is 89.0 Å². The van der Waals surface area contributed by atoms with Gasteiger partial charge in [0.25, 0.3) is 0 Å². The molecule has 30 heavy (non-hydrogen) atoms. The van der Waals surface area contributed by atoms with Crippen LogP contribution < -0.4 is 10.9 Å². The van der Waals surface area contributed by atoms with E-state index in [9.17, 15) is 14.7 Å². The highest BCUT2D eigenvalue weighted by Gasteiger charge is 2.13. The van der Waals surface area contributed by atoms with E-state index in [1.165, 1.54) is 0 Å². The summed E-state index contributed by atoms with van der Waals surface area (Å²) in [6, 6.07) is 16.0. The largest absolute Gasteiger partial charge is 0.508 e. The van der Waals surface area contributed by atoms with Crippen molar-refractivity contribution in [2.24, 2.45) is 0 Å². The van der Waals surface area contributed by atoms with Crippen LogP contribution >= 0.6 is 0 Å². The van der Waals surface area contributed by atoms with Crippen molar-refractivity contribution in [1.29, 1.82) is 0 Å². The lowest BCUT2D eigenvalue weighted by molar-refractivity contribution is -0.129. The van der Waals surface area contributed by atoms with Gasteiger partial charge < -0.3 is 9.67 Å². The van der Waals surface area contributed by atoms with Crippen molar-refractivity contribution >= 4 is 16.8 Å². The predicted octanol–water partition coefficient (Wildman–Crippen LogP) is 3.20. The molecule has 7 heteroatoms. The number of nitrogens with one attached hydrogen (secondary N) is 1. The SMILES string of the molecule is O=C(CCc1cn(-c2ccc(O)cc2)c2cc(-c3ccncc3)ccc2c1=O)NO. The minimum Gasteiger partial charge on any atom is -0.508 e. The second kappa shape index (κ2) is 8.18. The lowest BCUT2D eigenvalue weighted by Crippen LogP contribution is -2.21. The van der Waals surface area contributed by atoms with Crippen molar-refractivity contribution in [1.82, 2.24) is 15.0 Å². The summed E-state index contributed by atoms with van der Waals surface area (Å²) in [4.78, 5) is 28.6. The number of phenolic OH excluding ortho intramolecular Hbond substituents is 1. The number of phenols is 1. The maximum Gasteiger partial charge on any atom is 0.243 e. The van der Waals surface area contributed by atoms with Crippen LogP contribution in [0.1, 0.15) is 12.0 Å². The van der Waals surface area contributed by atoms with E-state index in [0.29, 0.717) is 16.5 Å². The third kappa shape index (κ3) is 3.78. The van der Waals surface area contributed by atoms with Crippen molar-refractivity contribution < 1.29 is 15.1 Å². The average Bonchev–Trinajstić information content (AvgIpc) is 2.79. The molecule has 0 saturated heterocycles. The van der Waals surface area contributed by atoms with Gasteiger partial charge in [-0.05, 0) is 66.1 Å². The van der Waals surface area contributed by atoms with E-state index in [0.717, 1.165) is 16.8 Å². The number of benzene rings is 2. The molecule has 4 aromatic rings. The first-order valence-corrected chi connectivity index (χ1v) is 9.38. The number of hydroxylamine groups is 1. The molecule has 4 rings (SSSR count). The van der Waals surface area contributed by atoms with Gasteiger partial charge >= 0.3 is 0 Å². The maximum atomic E-state index is 13.1. The van der Waals surface area contributed by atoms with E-state index in [-0.39, 0.29) is 24.0 Å². The Kier molecular flexibility index (Phi) is 5.28. The summed E-state index contributed by atoms with van der Waals surface area (Å²) in [7, 11) is 0. The normalized spacial score (nSPS) is 10.8. The molecule has 0 spiro atoms. The number of nitrogens with zero attached hydrogens (tertiary/aromatic N) is 2. The smallest absolute Gasteiger partial charge is 0.243 e. The number of carbonyl (C=O) groups excluding carboxylic acids is 1. The molecule has 0 aliphatic heterocycles. The number of aromatic hydroxyl groups is 1. The molecule has 2 heterocycles. The highest BCUT2D eigenvalue weighted by molar-refractivity contribution is 5.86. The maximum absolute atomic E-state index is 13.1. The third-order valence-corrected chi connectivity index (χ3v) is 4.97. The number of fused-ring (bicyclic) bond motifs is 1. The highest BCUT2D eigenvalue weighted by Crippen LogP contribution is 2.26. The summed E-state index contributed by atoms with van der Waals surface area (Å²) in [5.41, 5.74) is 5.26. The Balaban J connectivity index is 1.92. The predicted molar refractivity (Wildman–Crippen MR) is 113 cm³/mol. The summed E-state index contributed by atoms with van der Waals surface area (Å²) in [5.74, 6) is -0.417. The first-order valence-electron chi connectivity index (χ1n) is 9.38. The fourth-order valence-corrected chi connectivity index (χ4v) is 3.41. The van der Waals surface area contributed by atoms with Gasteiger partial charge in [-0.15, -0.1) is 0 Å². The standard InChI is InChI=1S/C23H19N3O4/c27-19-5-3-18(4-6-19)26-14-17(2-8-22(28)25-30)23(29)20-7-1-16(13-21(20)26)15-9-11-24-12-10-15/h1,3-7,9-14,27,30H,2,8H2,(H,25,28). The van der Waals surface area contributed by atoms with Crippen LogP contribution in [0.25, 0.3) is 27.7 Å². The molecule has 1 amide bonds. The Morgan fingerprint density at radius 1 is 1.00 bits per heavy atom. The van der Waals surface area contributed by atoms with E-state index in [1.54, 1.807) is 54.4 Å². The van der Waals surface area contributed by atoms with Crippen LogP contribution in [0.15, 0.2) is 78.0 Å². The Bertz CT molecular complexity index is 1270. The van der Waals surface area contributed by atoms with Gasteiger partial charge in [0.15, 0.2) is 5.43 Å². The zero-order valence-corrected chi connectivity index (χ0v) is 15.9. The van der Waals surface area contributed by atoms with E-state index < -0.39 is 5.91 Å². The zero-order valence-electron chi connectivity index (χ0n) is 15.9. The fraction of sp³-hybridized carbons (Fsp3) is 0.0870. The number of hydrogen-bond acceptors (Lipinski definition) is 5. The summed E-state index contributed by atoms with van der Waals surface area (Å²) < 4.78 is 1.87. The fourth-order valence-electron chi connectivity index (χ4n) is 3.41. The monoisotopic (exact) mass is 401 g/mol. The molecule has 0 saturated carbocycles. The summed E-state index contributed by atoms with van der Waals surface area (Å²) in [6.45, 7) is 0. The summed E-state index contributed by atoms with van der Waals surface area (Å²) in [6.07, 6.45) is 5.30. The van der Waals surface area contributed by atoms with Gasteiger partial charge in [0.1, 0.15) is 5.75 Å². The number of pyridine rings is 2. The molecule has 7 nitrogen and oxygen atoms in total. The van der Waals surface area contributed by atoms with Crippen molar-refractivity contribution in [2.75, 3.05) is 0 Å². The van der Waals surface area contributed by atoms with Gasteiger partial charge in [-0.25, -0.2) is 5.48 Å². The summed E-state index contributed by atoms with van der Waals surface area (Å²) in [5, 5.41) is 18.9. The second-order valence-corrected chi connectivity index (χ2v) is 6.87. The number of aryl methyl sites for hydroxylation is 1. The Labute approximate surface area is 171 Å². The van der Waals surface area contributed by atoms with Gasteiger partial charge in [0.05, 0.1) is 5.52 Å². The van der Waals surface area contributed by atoms with Crippen LogP contribution in [0, 0.1) is 0 Å². The first kappa shape index (κ1) is 19.4. The lowest BCUT2D eigenvalue weighted by atomic mass is 10.0. The van der Waals surface area contributed by atoms with E-state index >= 15 is 0 Å². The zero-order chi connectivity index (χ0) is 21.1.